The first-order valence-electron chi connectivity index (χ1n) is 8.83. The van der Waals surface area contributed by atoms with E-state index in [2.05, 4.69) is 15.0 Å². The van der Waals surface area contributed by atoms with E-state index in [9.17, 15) is 9.59 Å². The van der Waals surface area contributed by atoms with Crippen molar-refractivity contribution in [3.8, 4) is 11.5 Å². The molecule has 142 valence electrons. The predicted molar refractivity (Wildman–Crippen MR) is 92.6 cm³/mol. The van der Waals surface area contributed by atoms with Gasteiger partial charge in [0.05, 0.1) is 19.3 Å². The number of para-hydroxylation sites is 2. The molecule has 3 heterocycles. The van der Waals surface area contributed by atoms with Crippen LogP contribution in [0.5, 0.6) is 11.5 Å². The summed E-state index contributed by atoms with van der Waals surface area (Å²) in [5.74, 6) is 0.588. The van der Waals surface area contributed by atoms with Crippen LogP contribution in [-0.2, 0) is 9.53 Å². The van der Waals surface area contributed by atoms with Gasteiger partial charge in [-0.15, -0.1) is 5.10 Å². The number of likely N-dealkylation sites (tertiary alicyclic amines) is 1. The molecular weight excluding hydrogens is 352 g/mol. The third-order valence-corrected chi connectivity index (χ3v) is 4.77. The summed E-state index contributed by atoms with van der Waals surface area (Å²) in [7, 11) is 1.30. The number of piperidine rings is 1. The van der Waals surface area contributed by atoms with E-state index >= 15 is 0 Å². The highest BCUT2D eigenvalue weighted by Gasteiger charge is 2.34. The molecule has 2 aliphatic rings. The van der Waals surface area contributed by atoms with Gasteiger partial charge in [-0.25, -0.2) is 9.48 Å². The van der Waals surface area contributed by atoms with Crippen LogP contribution >= 0.6 is 0 Å². The number of fused-ring (bicyclic) bond motifs is 1. The molecule has 0 N–H and O–H groups in total. The van der Waals surface area contributed by atoms with Crippen molar-refractivity contribution in [2.75, 3.05) is 26.8 Å². The van der Waals surface area contributed by atoms with Gasteiger partial charge in [0.1, 0.15) is 6.61 Å². The number of esters is 1. The maximum atomic E-state index is 12.9. The van der Waals surface area contributed by atoms with Gasteiger partial charge < -0.3 is 19.1 Å². The molecule has 0 saturated carbocycles. The molecule has 2 atom stereocenters. The van der Waals surface area contributed by atoms with E-state index in [1.807, 2.05) is 18.2 Å². The summed E-state index contributed by atoms with van der Waals surface area (Å²) in [5.41, 5.74) is 0.154. The number of rotatable bonds is 3. The molecule has 0 radical (unpaired) electrons. The minimum absolute atomic E-state index is 0.0506. The van der Waals surface area contributed by atoms with Crippen molar-refractivity contribution in [3.05, 3.63) is 36.2 Å². The summed E-state index contributed by atoms with van der Waals surface area (Å²) in [6.07, 6.45) is 2.56. The predicted octanol–water partition coefficient (Wildman–Crippen LogP) is 1.07. The standard InChI is InChI=1S/C18H20N4O5/c1-25-18(24)13-10-22(20-19-13)12-5-4-8-21(9-12)17(23)16-11-26-14-6-2-3-7-15(14)27-16/h2-3,6-7,10,12,16H,4-5,8-9,11H2,1H3/t12-,16-/m1/s1. The number of methoxy groups -OCH3 is 1. The van der Waals surface area contributed by atoms with Crippen LogP contribution in [0.25, 0.3) is 0 Å². The minimum Gasteiger partial charge on any atom is -0.485 e. The van der Waals surface area contributed by atoms with Crippen LogP contribution in [0, 0.1) is 0 Å². The molecule has 1 amide bonds. The number of carbonyl (C=O) groups is 2. The van der Waals surface area contributed by atoms with Crippen LogP contribution in [0.4, 0.5) is 0 Å². The van der Waals surface area contributed by atoms with Crippen LogP contribution < -0.4 is 9.47 Å². The number of benzene rings is 1. The van der Waals surface area contributed by atoms with Crippen molar-refractivity contribution in [1.82, 2.24) is 19.9 Å². The number of hydrogen-bond donors (Lipinski definition) is 0. The molecule has 9 nitrogen and oxygen atoms in total. The Morgan fingerprint density at radius 3 is 2.89 bits per heavy atom. The molecule has 0 aliphatic carbocycles. The highest BCUT2D eigenvalue weighted by Crippen LogP contribution is 2.32. The lowest BCUT2D eigenvalue weighted by Gasteiger charge is -2.35. The summed E-state index contributed by atoms with van der Waals surface area (Å²) < 4.78 is 17.8. The summed E-state index contributed by atoms with van der Waals surface area (Å²) >= 11 is 0. The van der Waals surface area contributed by atoms with Crippen molar-refractivity contribution < 1.29 is 23.8 Å². The van der Waals surface area contributed by atoms with Crippen molar-refractivity contribution in [1.29, 1.82) is 0 Å². The lowest BCUT2D eigenvalue weighted by Crippen LogP contribution is -2.50. The molecule has 1 aromatic heterocycles. The molecule has 0 bridgehead atoms. The van der Waals surface area contributed by atoms with E-state index in [4.69, 9.17) is 9.47 Å². The number of hydrogen-bond acceptors (Lipinski definition) is 7. The van der Waals surface area contributed by atoms with Crippen molar-refractivity contribution in [2.45, 2.75) is 25.0 Å². The van der Waals surface area contributed by atoms with E-state index in [0.29, 0.717) is 24.6 Å². The van der Waals surface area contributed by atoms with Gasteiger partial charge in [0.25, 0.3) is 5.91 Å². The SMILES string of the molecule is COC(=O)c1cn([C@@H]2CCCN(C(=O)[C@H]3COc4ccccc4O3)C2)nn1. The Bertz CT molecular complexity index is 852. The first-order chi connectivity index (χ1) is 13.2. The highest BCUT2D eigenvalue weighted by molar-refractivity contribution is 5.86. The minimum atomic E-state index is -0.667. The summed E-state index contributed by atoms with van der Waals surface area (Å²) in [6, 6.07) is 7.26. The smallest absolute Gasteiger partial charge is 0.360 e. The number of carbonyl (C=O) groups excluding carboxylic acids is 2. The molecule has 2 aromatic rings. The van der Waals surface area contributed by atoms with Crippen molar-refractivity contribution in [3.63, 3.8) is 0 Å². The van der Waals surface area contributed by atoms with Gasteiger partial charge >= 0.3 is 5.97 Å². The number of nitrogens with zero attached hydrogens (tertiary/aromatic N) is 4. The molecule has 0 unspecified atom stereocenters. The summed E-state index contributed by atoms with van der Waals surface area (Å²) in [4.78, 5) is 26.2. The second-order valence-corrected chi connectivity index (χ2v) is 6.52. The maximum absolute atomic E-state index is 12.9. The summed E-state index contributed by atoms with van der Waals surface area (Å²) in [5, 5.41) is 7.85. The quantitative estimate of drug-likeness (QED) is 0.744. The lowest BCUT2D eigenvalue weighted by atomic mass is 10.1. The lowest BCUT2D eigenvalue weighted by molar-refractivity contribution is -0.143. The van der Waals surface area contributed by atoms with Gasteiger partial charge in [0, 0.05) is 13.1 Å². The largest absolute Gasteiger partial charge is 0.485 e. The first-order valence-corrected chi connectivity index (χ1v) is 8.83. The highest BCUT2D eigenvalue weighted by atomic mass is 16.6. The van der Waals surface area contributed by atoms with Gasteiger partial charge in [-0.3, -0.25) is 4.79 Å². The van der Waals surface area contributed by atoms with E-state index < -0.39 is 12.1 Å². The maximum Gasteiger partial charge on any atom is 0.360 e. The van der Waals surface area contributed by atoms with Gasteiger partial charge in [0.2, 0.25) is 6.10 Å². The van der Waals surface area contributed by atoms with Crippen LogP contribution in [0.3, 0.4) is 0 Å². The molecule has 2 aliphatic heterocycles. The van der Waals surface area contributed by atoms with Gasteiger partial charge in [-0.05, 0) is 25.0 Å². The van der Waals surface area contributed by atoms with Crippen LogP contribution in [0.2, 0.25) is 0 Å². The van der Waals surface area contributed by atoms with E-state index in [1.54, 1.807) is 21.8 Å². The van der Waals surface area contributed by atoms with E-state index in [-0.39, 0.29) is 24.2 Å². The Kier molecular flexibility index (Phi) is 4.66. The molecule has 1 fully saturated rings. The third-order valence-electron chi connectivity index (χ3n) is 4.77. The van der Waals surface area contributed by atoms with Crippen molar-refractivity contribution >= 4 is 11.9 Å². The molecule has 0 spiro atoms. The van der Waals surface area contributed by atoms with Crippen molar-refractivity contribution in [2.24, 2.45) is 0 Å². The number of amides is 1. The van der Waals surface area contributed by atoms with Gasteiger partial charge in [0.15, 0.2) is 17.2 Å². The zero-order valence-electron chi connectivity index (χ0n) is 14.9. The topological polar surface area (TPSA) is 95.8 Å². The Labute approximate surface area is 155 Å². The van der Waals surface area contributed by atoms with Crippen LogP contribution in [0.1, 0.15) is 29.4 Å². The van der Waals surface area contributed by atoms with Crippen LogP contribution in [0.15, 0.2) is 30.5 Å². The van der Waals surface area contributed by atoms with Gasteiger partial charge in [-0.1, -0.05) is 17.3 Å². The van der Waals surface area contributed by atoms with E-state index in [1.165, 1.54) is 7.11 Å². The zero-order chi connectivity index (χ0) is 18.8. The second-order valence-electron chi connectivity index (χ2n) is 6.52. The summed E-state index contributed by atoms with van der Waals surface area (Å²) in [6.45, 7) is 1.31. The average molecular weight is 372 g/mol. The molecule has 1 aromatic carbocycles. The molecule has 27 heavy (non-hydrogen) atoms. The zero-order valence-corrected chi connectivity index (χ0v) is 14.9. The molecular formula is C18H20N4O5. The van der Waals surface area contributed by atoms with Crippen LogP contribution in [-0.4, -0.2) is 64.7 Å². The number of aromatic nitrogens is 3. The number of ether oxygens (including phenoxy) is 3. The average Bonchev–Trinajstić information content (AvgIpc) is 3.23. The fourth-order valence-electron chi connectivity index (χ4n) is 3.37. The Balaban J connectivity index is 1.43. The molecule has 1 saturated heterocycles. The Morgan fingerprint density at radius 1 is 1.26 bits per heavy atom. The van der Waals surface area contributed by atoms with E-state index in [0.717, 1.165) is 12.8 Å². The Morgan fingerprint density at radius 2 is 2.07 bits per heavy atom. The van der Waals surface area contributed by atoms with Gasteiger partial charge in [-0.2, -0.15) is 0 Å². The molecule has 9 heteroatoms. The normalized spacial score (nSPS) is 21.6. The fourth-order valence-corrected chi connectivity index (χ4v) is 3.37. The Hall–Kier alpha value is -3.10. The first kappa shape index (κ1) is 17.3. The monoisotopic (exact) mass is 372 g/mol. The second kappa shape index (κ2) is 7.26. The third kappa shape index (κ3) is 3.44. The molecule has 4 rings (SSSR count). The fraction of sp³-hybridized carbons (Fsp3) is 0.444.